The third kappa shape index (κ3) is 3.37. The molecule has 0 saturated heterocycles. The lowest BCUT2D eigenvalue weighted by Crippen LogP contribution is -2.06. The molecule has 0 saturated carbocycles. The highest BCUT2D eigenvalue weighted by Crippen LogP contribution is 2.28. The van der Waals surface area contributed by atoms with Gasteiger partial charge in [-0.1, -0.05) is 11.6 Å². The van der Waals surface area contributed by atoms with Crippen LogP contribution in [0.1, 0.15) is 6.92 Å². The van der Waals surface area contributed by atoms with Gasteiger partial charge in [0.15, 0.2) is 23.3 Å². The number of halogens is 4. The van der Waals surface area contributed by atoms with Crippen LogP contribution in [0.2, 0.25) is 5.02 Å². The highest BCUT2D eigenvalue weighted by molar-refractivity contribution is 9.10. The van der Waals surface area contributed by atoms with Crippen LogP contribution < -0.4 is 10.6 Å². The Morgan fingerprint density at radius 2 is 1.90 bits per heavy atom. The molecule has 0 amide bonds. The fraction of sp³-hybridized carbons (Fsp3) is 0.154. The maximum absolute atomic E-state index is 13.7. The fourth-order valence-electron chi connectivity index (χ4n) is 1.56. The van der Waals surface area contributed by atoms with E-state index >= 15 is 0 Å². The summed E-state index contributed by atoms with van der Waals surface area (Å²) < 4.78 is 27.9. The number of nitrogens with zero attached hydrogens (tertiary/aromatic N) is 1. The van der Waals surface area contributed by atoms with Gasteiger partial charge in [-0.15, -0.1) is 0 Å². The monoisotopic (exact) mass is 361 g/mol. The zero-order chi connectivity index (χ0) is 14.7. The first-order valence-electron chi connectivity index (χ1n) is 5.83. The molecule has 0 aliphatic rings. The second-order valence-electron chi connectivity index (χ2n) is 3.93. The van der Waals surface area contributed by atoms with Crippen molar-refractivity contribution >= 4 is 44.9 Å². The maximum Gasteiger partial charge on any atom is 0.169 e. The lowest BCUT2D eigenvalue weighted by molar-refractivity contribution is 0.579. The summed E-state index contributed by atoms with van der Waals surface area (Å²) in [4.78, 5) is 3.88. The SMILES string of the molecule is CCNc1nc(Nc2ccc(Br)c(Cl)c2)c(F)cc1F. The number of aromatic nitrogens is 1. The molecule has 1 heterocycles. The summed E-state index contributed by atoms with van der Waals surface area (Å²) in [6, 6.07) is 5.82. The van der Waals surface area contributed by atoms with E-state index < -0.39 is 11.6 Å². The lowest BCUT2D eigenvalue weighted by atomic mass is 10.3. The molecule has 1 aromatic heterocycles. The Balaban J connectivity index is 2.32. The Hall–Kier alpha value is -1.40. The molecule has 7 heteroatoms. The summed E-state index contributed by atoms with van der Waals surface area (Å²) in [6.45, 7) is 2.28. The Kier molecular flexibility index (Phi) is 4.77. The number of benzene rings is 1. The first-order valence-corrected chi connectivity index (χ1v) is 7.00. The van der Waals surface area contributed by atoms with Gasteiger partial charge in [0.1, 0.15) is 0 Å². The normalized spacial score (nSPS) is 10.4. The van der Waals surface area contributed by atoms with Gasteiger partial charge in [-0.2, -0.15) is 0 Å². The molecule has 0 atom stereocenters. The molecular weight excluding hydrogens is 352 g/mol. The van der Waals surface area contributed by atoms with Crippen molar-refractivity contribution in [3.8, 4) is 0 Å². The van der Waals surface area contributed by atoms with Crippen molar-refractivity contribution < 1.29 is 8.78 Å². The van der Waals surface area contributed by atoms with Crippen LogP contribution in [0.3, 0.4) is 0 Å². The van der Waals surface area contributed by atoms with E-state index in [1.807, 2.05) is 0 Å². The highest BCUT2D eigenvalue weighted by atomic mass is 79.9. The molecule has 20 heavy (non-hydrogen) atoms. The number of hydrogen-bond donors (Lipinski definition) is 2. The second kappa shape index (κ2) is 6.37. The molecule has 0 unspecified atom stereocenters. The third-order valence-corrected chi connectivity index (χ3v) is 3.69. The van der Waals surface area contributed by atoms with Gasteiger partial charge < -0.3 is 10.6 Å². The smallest absolute Gasteiger partial charge is 0.169 e. The average molecular weight is 363 g/mol. The van der Waals surface area contributed by atoms with Gasteiger partial charge in [0.25, 0.3) is 0 Å². The zero-order valence-corrected chi connectivity index (χ0v) is 12.8. The molecule has 0 radical (unpaired) electrons. The maximum atomic E-state index is 13.7. The number of nitrogens with one attached hydrogen (secondary N) is 2. The van der Waals surface area contributed by atoms with Crippen molar-refractivity contribution in [2.45, 2.75) is 6.92 Å². The second-order valence-corrected chi connectivity index (χ2v) is 5.19. The topological polar surface area (TPSA) is 37.0 Å². The minimum atomic E-state index is -0.775. The molecule has 1 aromatic carbocycles. The predicted octanol–water partition coefficient (Wildman–Crippen LogP) is 4.95. The molecular formula is C13H11BrClF2N3. The molecule has 0 bridgehead atoms. The molecule has 0 aliphatic carbocycles. The quantitative estimate of drug-likeness (QED) is 0.808. The van der Waals surface area contributed by atoms with E-state index in [-0.39, 0.29) is 11.6 Å². The lowest BCUT2D eigenvalue weighted by Gasteiger charge is -2.11. The van der Waals surface area contributed by atoms with Crippen LogP contribution in [0.5, 0.6) is 0 Å². The molecule has 3 nitrogen and oxygen atoms in total. The summed E-state index contributed by atoms with van der Waals surface area (Å²) in [7, 11) is 0. The number of pyridine rings is 1. The fourth-order valence-corrected chi connectivity index (χ4v) is 1.98. The predicted molar refractivity (Wildman–Crippen MR) is 80.8 cm³/mol. The molecule has 0 spiro atoms. The van der Waals surface area contributed by atoms with Gasteiger partial charge >= 0.3 is 0 Å². The van der Waals surface area contributed by atoms with Crippen molar-refractivity contribution in [2.24, 2.45) is 0 Å². The van der Waals surface area contributed by atoms with E-state index in [4.69, 9.17) is 11.6 Å². The van der Waals surface area contributed by atoms with Crippen LogP contribution >= 0.6 is 27.5 Å². The molecule has 106 valence electrons. The molecule has 0 aliphatic heterocycles. The summed E-state index contributed by atoms with van der Waals surface area (Å²) in [5.74, 6) is -1.58. The van der Waals surface area contributed by atoms with Crippen LogP contribution in [0.4, 0.5) is 26.1 Å². The first kappa shape index (κ1) is 15.0. The number of hydrogen-bond acceptors (Lipinski definition) is 3. The molecule has 2 rings (SSSR count). The molecule has 2 aromatic rings. The van der Waals surface area contributed by atoms with Gasteiger partial charge in [-0.3, -0.25) is 0 Å². The summed E-state index contributed by atoms with van der Waals surface area (Å²) in [6.07, 6.45) is 0. The average Bonchev–Trinajstić information content (AvgIpc) is 2.39. The van der Waals surface area contributed by atoms with Gasteiger partial charge in [-0.05, 0) is 41.1 Å². The van der Waals surface area contributed by atoms with E-state index in [9.17, 15) is 8.78 Å². The van der Waals surface area contributed by atoms with Gasteiger partial charge in [-0.25, -0.2) is 13.8 Å². The van der Waals surface area contributed by atoms with Crippen LogP contribution in [0.25, 0.3) is 0 Å². The third-order valence-electron chi connectivity index (χ3n) is 2.46. The Morgan fingerprint density at radius 1 is 1.20 bits per heavy atom. The van der Waals surface area contributed by atoms with Gasteiger partial charge in [0.2, 0.25) is 0 Å². The molecule has 2 N–H and O–H groups in total. The van der Waals surface area contributed by atoms with Crippen molar-refractivity contribution in [1.29, 1.82) is 0 Å². The van der Waals surface area contributed by atoms with E-state index in [1.165, 1.54) is 0 Å². The Labute approximate surface area is 128 Å². The largest absolute Gasteiger partial charge is 0.368 e. The van der Waals surface area contributed by atoms with E-state index in [0.717, 1.165) is 10.5 Å². The van der Waals surface area contributed by atoms with Crippen LogP contribution in [-0.4, -0.2) is 11.5 Å². The van der Waals surface area contributed by atoms with E-state index in [2.05, 4.69) is 31.5 Å². The van der Waals surface area contributed by atoms with Crippen LogP contribution in [-0.2, 0) is 0 Å². The minimum Gasteiger partial charge on any atom is -0.368 e. The summed E-state index contributed by atoms with van der Waals surface area (Å²) >= 11 is 9.21. The van der Waals surface area contributed by atoms with Crippen molar-refractivity contribution in [2.75, 3.05) is 17.2 Å². The van der Waals surface area contributed by atoms with E-state index in [1.54, 1.807) is 25.1 Å². The van der Waals surface area contributed by atoms with Crippen molar-refractivity contribution in [3.63, 3.8) is 0 Å². The number of anilines is 3. The van der Waals surface area contributed by atoms with Gasteiger partial charge in [0.05, 0.1) is 5.02 Å². The standard InChI is InChI=1S/C13H11BrClF2N3/c1-2-18-12-10(16)6-11(17)13(20-12)19-7-3-4-8(14)9(15)5-7/h3-6H,2H2,1H3,(H2,18,19,20). The first-order chi connectivity index (χ1) is 9.51. The number of rotatable bonds is 4. The van der Waals surface area contributed by atoms with E-state index in [0.29, 0.717) is 17.3 Å². The Morgan fingerprint density at radius 3 is 2.55 bits per heavy atom. The Bertz CT molecular complexity index is 637. The summed E-state index contributed by atoms with van der Waals surface area (Å²) in [5.41, 5.74) is 0.554. The van der Waals surface area contributed by atoms with Crippen LogP contribution in [0.15, 0.2) is 28.7 Å². The van der Waals surface area contributed by atoms with Crippen molar-refractivity contribution in [1.82, 2.24) is 4.98 Å². The minimum absolute atomic E-state index is 0.000362. The van der Waals surface area contributed by atoms with Gasteiger partial charge in [0, 0.05) is 22.8 Å². The molecule has 0 fully saturated rings. The summed E-state index contributed by atoms with van der Waals surface area (Å²) in [5, 5.41) is 5.97. The zero-order valence-electron chi connectivity index (χ0n) is 10.5. The highest BCUT2D eigenvalue weighted by Gasteiger charge is 2.12. The van der Waals surface area contributed by atoms with Crippen molar-refractivity contribution in [3.05, 3.63) is 45.4 Å². The van der Waals surface area contributed by atoms with Crippen LogP contribution in [0, 0.1) is 11.6 Å².